The molecule has 8 nitrogen and oxygen atoms in total. The van der Waals surface area contributed by atoms with E-state index >= 15 is 0 Å². The number of methoxy groups -OCH3 is 1. The van der Waals surface area contributed by atoms with Crippen molar-refractivity contribution >= 4 is 15.9 Å². The molecule has 1 N–H and O–H groups in total. The van der Waals surface area contributed by atoms with Gasteiger partial charge in [-0.3, -0.25) is 4.79 Å². The van der Waals surface area contributed by atoms with Crippen LogP contribution in [0.1, 0.15) is 19.4 Å². The van der Waals surface area contributed by atoms with Crippen molar-refractivity contribution in [2.24, 2.45) is 0 Å². The molecule has 1 amide bonds. The van der Waals surface area contributed by atoms with E-state index in [9.17, 15) is 13.2 Å². The Hall–Kier alpha value is -1.84. The molecule has 1 fully saturated rings. The first-order chi connectivity index (χ1) is 12.7. The van der Waals surface area contributed by atoms with Crippen molar-refractivity contribution in [3.8, 4) is 11.5 Å². The van der Waals surface area contributed by atoms with E-state index in [0.29, 0.717) is 24.6 Å². The third kappa shape index (κ3) is 6.37. The van der Waals surface area contributed by atoms with Crippen molar-refractivity contribution in [2.75, 3.05) is 39.1 Å². The lowest BCUT2D eigenvalue weighted by atomic mass is 10.2. The van der Waals surface area contributed by atoms with Crippen molar-refractivity contribution < 1.29 is 27.4 Å². The molecule has 152 valence electrons. The zero-order valence-electron chi connectivity index (χ0n) is 16.2. The lowest BCUT2D eigenvalue weighted by molar-refractivity contribution is -0.122. The number of rotatable bonds is 8. The molecule has 1 heterocycles. The number of amides is 1. The zero-order valence-corrected chi connectivity index (χ0v) is 17.0. The number of nitrogens with zero attached hydrogens (tertiary/aromatic N) is 1. The van der Waals surface area contributed by atoms with Crippen LogP contribution in [0.25, 0.3) is 0 Å². The highest BCUT2D eigenvalue weighted by atomic mass is 32.2. The second-order valence-electron chi connectivity index (χ2n) is 6.68. The zero-order chi connectivity index (χ0) is 20.0. The summed E-state index contributed by atoms with van der Waals surface area (Å²) in [4.78, 5) is 11.9. The summed E-state index contributed by atoms with van der Waals surface area (Å²) in [6.07, 6.45) is -0.285. The van der Waals surface area contributed by atoms with Gasteiger partial charge in [-0.05, 0) is 38.5 Å². The number of aryl methyl sites for hydroxylation is 1. The van der Waals surface area contributed by atoms with E-state index in [1.165, 1.54) is 11.4 Å². The molecular formula is C18H28N2O6S. The lowest BCUT2D eigenvalue weighted by Crippen LogP contribution is -2.49. The van der Waals surface area contributed by atoms with E-state index in [1.54, 1.807) is 6.07 Å². The van der Waals surface area contributed by atoms with Gasteiger partial charge in [0.1, 0.15) is 0 Å². The summed E-state index contributed by atoms with van der Waals surface area (Å²) in [5.74, 6) is 0.450. The summed E-state index contributed by atoms with van der Waals surface area (Å²) >= 11 is 0. The molecule has 1 aliphatic rings. The molecule has 0 radical (unpaired) electrons. The quantitative estimate of drug-likeness (QED) is 0.698. The van der Waals surface area contributed by atoms with Gasteiger partial charge in [0.25, 0.3) is 5.91 Å². The number of morpholine rings is 1. The van der Waals surface area contributed by atoms with Gasteiger partial charge in [0, 0.05) is 19.6 Å². The monoisotopic (exact) mass is 400 g/mol. The molecule has 0 aliphatic carbocycles. The molecule has 0 saturated carbocycles. The first-order valence-corrected chi connectivity index (χ1v) is 10.5. The number of sulfonamides is 1. The SMILES string of the molecule is COc1cc(C)ccc1OCC(=O)NCCS(=O)(=O)N1CC(C)OC(C)C1. The Balaban J connectivity index is 1.79. The Labute approximate surface area is 160 Å². The Bertz CT molecular complexity index is 742. The summed E-state index contributed by atoms with van der Waals surface area (Å²) < 4.78 is 42.5. The smallest absolute Gasteiger partial charge is 0.257 e. The molecule has 1 aromatic carbocycles. The molecule has 0 spiro atoms. The standard InChI is InChI=1S/C18H28N2O6S/c1-13-5-6-16(17(9-13)24-4)25-12-18(21)19-7-8-27(22,23)20-10-14(2)26-15(3)11-20/h5-6,9,14-15H,7-8,10-12H2,1-4H3,(H,19,21). The molecule has 0 bridgehead atoms. The fraction of sp³-hybridized carbons (Fsp3) is 0.611. The van der Waals surface area contributed by atoms with Crippen LogP contribution in [0.3, 0.4) is 0 Å². The topological polar surface area (TPSA) is 94.2 Å². The maximum absolute atomic E-state index is 12.4. The number of benzene rings is 1. The highest BCUT2D eigenvalue weighted by molar-refractivity contribution is 7.89. The minimum atomic E-state index is -3.45. The first kappa shape index (κ1) is 21.5. The summed E-state index contributed by atoms with van der Waals surface area (Å²) in [6.45, 7) is 6.08. The van der Waals surface area contributed by atoms with Gasteiger partial charge in [0.2, 0.25) is 10.0 Å². The Morgan fingerprint density at radius 3 is 2.56 bits per heavy atom. The molecule has 1 aliphatic heterocycles. The van der Waals surface area contributed by atoms with Gasteiger partial charge >= 0.3 is 0 Å². The minimum absolute atomic E-state index is 0.0235. The van der Waals surface area contributed by atoms with Gasteiger partial charge in [0.05, 0.1) is 25.1 Å². The number of ether oxygens (including phenoxy) is 3. The minimum Gasteiger partial charge on any atom is -0.493 e. The van der Waals surface area contributed by atoms with Crippen LogP contribution in [0.2, 0.25) is 0 Å². The fourth-order valence-corrected chi connectivity index (χ4v) is 4.39. The van der Waals surface area contributed by atoms with Crippen LogP contribution >= 0.6 is 0 Å². The number of nitrogens with one attached hydrogen (secondary N) is 1. The average molecular weight is 400 g/mol. The molecule has 0 aromatic heterocycles. The maximum atomic E-state index is 12.4. The average Bonchev–Trinajstić information content (AvgIpc) is 2.59. The summed E-state index contributed by atoms with van der Waals surface area (Å²) in [7, 11) is -1.92. The third-order valence-electron chi connectivity index (χ3n) is 4.14. The van der Waals surface area contributed by atoms with Gasteiger partial charge in [-0.1, -0.05) is 6.07 Å². The normalized spacial score (nSPS) is 20.9. The number of carbonyl (C=O) groups excluding carboxylic acids is 1. The Kier molecular flexibility index (Phi) is 7.46. The van der Waals surface area contributed by atoms with E-state index in [1.807, 2.05) is 32.9 Å². The van der Waals surface area contributed by atoms with Crippen molar-refractivity contribution in [1.29, 1.82) is 0 Å². The Morgan fingerprint density at radius 2 is 1.93 bits per heavy atom. The van der Waals surface area contributed by atoms with Crippen molar-refractivity contribution in [1.82, 2.24) is 9.62 Å². The van der Waals surface area contributed by atoms with E-state index in [0.717, 1.165) is 5.56 Å². The van der Waals surface area contributed by atoms with E-state index in [4.69, 9.17) is 14.2 Å². The van der Waals surface area contributed by atoms with Gasteiger partial charge < -0.3 is 19.5 Å². The van der Waals surface area contributed by atoms with E-state index in [-0.39, 0.29) is 31.1 Å². The highest BCUT2D eigenvalue weighted by Gasteiger charge is 2.30. The Morgan fingerprint density at radius 1 is 1.26 bits per heavy atom. The van der Waals surface area contributed by atoms with Crippen LogP contribution in [0.15, 0.2) is 18.2 Å². The molecule has 9 heteroatoms. The van der Waals surface area contributed by atoms with E-state index in [2.05, 4.69) is 5.32 Å². The van der Waals surface area contributed by atoms with Crippen LogP contribution in [-0.2, 0) is 19.6 Å². The number of hydrogen-bond donors (Lipinski definition) is 1. The van der Waals surface area contributed by atoms with Crippen LogP contribution in [-0.4, -0.2) is 69.9 Å². The van der Waals surface area contributed by atoms with Crippen molar-refractivity contribution in [3.05, 3.63) is 23.8 Å². The number of carbonyl (C=O) groups is 1. The largest absolute Gasteiger partial charge is 0.493 e. The van der Waals surface area contributed by atoms with Gasteiger partial charge in [-0.2, -0.15) is 4.31 Å². The predicted molar refractivity (Wildman–Crippen MR) is 102 cm³/mol. The highest BCUT2D eigenvalue weighted by Crippen LogP contribution is 2.27. The molecule has 1 saturated heterocycles. The fourth-order valence-electron chi connectivity index (χ4n) is 2.89. The van der Waals surface area contributed by atoms with Crippen molar-refractivity contribution in [2.45, 2.75) is 33.0 Å². The molecule has 2 atom stereocenters. The van der Waals surface area contributed by atoms with Gasteiger partial charge in [-0.25, -0.2) is 8.42 Å². The van der Waals surface area contributed by atoms with E-state index < -0.39 is 15.9 Å². The molecular weight excluding hydrogens is 372 g/mol. The second kappa shape index (κ2) is 9.38. The second-order valence-corrected chi connectivity index (χ2v) is 8.77. The summed E-state index contributed by atoms with van der Waals surface area (Å²) in [5.41, 5.74) is 1.01. The first-order valence-electron chi connectivity index (χ1n) is 8.88. The van der Waals surface area contributed by atoms with Crippen molar-refractivity contribution in [3.63, 3.8) is 0 Å². The summed E-state index contributed by atoms with van der Waals surface area (Å²) in [6, 6.07) is 5.39. The molecule has 1 aromatic rings. The summed E-state index contributed by atoms with van der Waals surface area (Å²) in [5, 5.41) is 2.58. The van der Waals surface area contributed by atoms with Crippen LogP contribution in [0.4, 0.5) is 0 Å². The molecule has 27 heavy (non-hydrogen) atoms. The van der Waals surface area contributed by atoms with Crippen LogP contribution in [0, 0.1) is 6.92 Å². The number of hydrogen-bond acceptors (Lipinski definition) is 6. The van der Waals surface area contributed by atoms with Gasteiger partial charge in [0.15, 0.2) is 18.1 Å². The van der Waals surface area contributed by atoms with Crippen LogP contribution in [0.5, 0.6) is 11.5 Å². The van der Waals surface area contributed by atoms with Crippen LogP contribution < -0.4 is 14.8 Å². The van der Waals surface area contributed by atoms with Gasteiger partial charge in [-0.15, -0.1) is 0 Å². The predicted octanol–water partition coefficient (Wildman–Crippen LogP) is 0.938. The molecule has 2 rings (SSSR count). The maximum Gasteiger partial charge on any atom is 0.257 e. The third-order valence-corrected chi connectivity index (χ3v) is 5.94. The lowest BCUT2D eigenvalue weighted by Gasteiger charge is -2.34. The molecule has 2 unspecified atom stereocenters.